The number of rotatable bonds is 3. The van der Waals surface area contributed by atoms with Crippen molar-refractivity contribution >= 4 is 12.0 Å². The highest BCUT2D eigenvalue weighted by atomic mass is 19.4. The number of ether oxygens (including phenoxy) is 1. The number of carbonyl (C=O) groups excluding carboxylic acids is 1. The molecule has 0 aliphatic heterocycles. The molecule has 0 spiro atoms. The molecule has 0 N–H and O–H groups in total. The van der Waals surface area contributed by atoms with Crippen molar-refractivity contribution in [1.82, 2.24) is 4.98 Å². The summed E-state index contributed by atoms with van der Waals surface area (Å²) in [5, 5.41) is 9.03. The molecule has 0 unspecified atom stereocenters. The summed E-state index contributed by atoms with van der Waals surface area (Å²) in [7, 11) is 0.883. The molecule has 23 heavy (non-hydrogen) atoms. The Morgan fingerprint density at radius 2 is 1.91 bits per heavy atom. The summed E-state index contributed by atoms with van der Waals surface area (Å²) in [6.45, 7) is 2.94. The lowest BCUT2D eigenvalue weighted by Gasteiger charge is -2.16. The summed E-state index contributed by atoms with van der Waals surface area (Å²) in [6, 6.07) is 1.28. The second kappa shape index (κ2) is 6.73. The van der Waals surface area contributed by atoms with Gasteiger partial charge in [-0.15, -0.1) is 0 Å². The zero-order chi connectivity index (χ0) is 17.9. The summed E-state index contributed by atoms with van der Waals surface area (Å²) in [5.74, 6) is -1.30. The average molecular weight is 334 g/mol. The highest BCUT2D eigenvalue weighted by Gasteiger charge is 2.40. The van der Waals surface area contributed by atoms with Crippen LogP contribution in [0.15, 0.2) is 5.57 Å². The number of allylic oxidation sites excluding steroid dienone is 1. The summed E-state index contributed by atoms with van der Waals surface area (Å²) >= 11 is 0. The highest BCUT2D eigenvalue weighted by molar-refractivity contribution is 5.96. The van der Waals surface area contributed by atoms with E-state index in [0.29, 0.717) is 5.57 Å². The van der Waals surface area contributed by atoms with Crippen LogP contribution in [0.2, 0.25) is 0 Å². The number of aromatic nitrogens is 1. The molecule has 0 aliphatic carbocycles. The van der Waals surface area contributed by atoms with Crippen molar-refractivity contribution in [2.75, 3.05) is 7.11 Å². The summed E-state index contributed by atoms with van der Waals surface area (Å²) in [4.78, 5) is 14.6. The fourth-order valence-electron chi connectivity index (χ4n) is 1.85. The maximum atomic E-state index is 13.1. The number of methoxy groups -OCH3 is 1. The molecule has 0 bridgehead atoms. The van der Waals surface area contributed by atoms with Crippen LogP contribution in [0.25, 0.3) is 6.08 Å². The van der Waals surface area contributed by atoms with Crippen LogP contribution in [0.5, 0.6) is 0 Å². The number of nitriles is 1. The summed E-state index contributed by atoms with van der Waals surface area (Å²) in [6.07, 6.45) is -7.55. The van der Waals surface area contributed by atoms with Gasteiger partial charge >= 0.3 is 12.1 Å². The molecular formula is C14H11F5N2O2. The Labute approximate surface area is 128 Å². The Hall–Kier alpha value is -2.50. The molecule has 1 aromatic rings. The lowest BCUT2D eigenvalue weighted by atomic mass is 9.96. The Morgan fingerprint density at radius 3 is 2.26 bits per heavy atom. The first-order chi connectivity index (χ1) is 10.5. The minimum absolute atomic E-state index is 0.395. The van der Waals surface area contributed by atoms with Crippen LogP contribution in [0.3, 0.4) is 0 Å². The molecule has 1 rings (SSSR count). The first-order valence-electron chi connectivity index (χ1n) is 6.11. The van der Waals surface area contributed by atoms with E-state index in [9.17, 15) is 26.7 Å². The number of hydrogen-bond donors (Lipinski definition) is 0. The fourth-order valence-corrected chi connectivity index (χ4v) is 1.85. The zero-order valence-electron chi connectivity index (χ0n) is 12.3. The molecule has 0 radical (unpaired) electrons. The van der Waals surface area contributed by atoms with Gasteiger partial charge in [0.25, 0.3) is 6.43 Å². The molecule has 0 aliphatic rings. The van der Waals surface area contributed by atoms with Crippen molar-refractivity contribution in [2.45, 2.75) is 26.4 Å². The van der Waals surface area contributed by atoms with E-state index < -0.39 is 46.6 Å². The van der Waals surface area contributed by atoms with E-state index in [1.54, 1.807) is 0 Å². The maximum absolute atomic E-state index is 13.1. The van der Waals surface area contributed by atoms with Crippen LogP contribution >= 0.6 is 0 Å². The van der Waals surface area contributed by atoms with Gasteiger partial charge < -0.3 is 4.74 Å². The Morgan fingerprint density at radius 1 is 1.35 bits per heavy atom. The van der Waals surface area contributed by atoms with Crippen LogP contribution in [0, 0.1) is 11.3 Å². The molecule has 1 heterocycles. The standard InChI is InChI=1S/C14H11F5N2O2/c1-6(2)4-7-8(5-20)11(14(17,18)19)21-10(12(15)16)9(7)13(22)23-3/h4,12H,1-3H3. The van der Waals surface area contributed by atoms with Crippen molar-refractivity contribution < 1.29 is 31.5 Å². The van der Waals surface area contributed by atoms with Gasteiger partial charge in [0.15, 0.2) is 5.69 Å². The Bertz CT molecular complexity index is 699. The molecule has 1 aromatic heterocycles. The quantitative estimate of drug-likeness (QED) is 0.616. The van der Waals surface area contributed by atoms with Gasteiger partial charge in [-0.2, -0.15) is 18.4 Å². The third-order valence-corrected chi connectivity index (χ3v) is 2.67. The number of pyridine rings is 1. The molecule has 0 atom stereocenters. The van der Waals surface area contributed by atoms with Crippen LogP contribution in [0.4, 0.5) is 22.0 Å². The predicted octanol–water partition coefficient (Wildman–Crippen LogP) is 4.12. The van der Waals surface area contributed by atoms with Crippen molar-refractivity contribution in [3.05, 3.63) is 33.7 Å². The van der Waals surface area contributed by atoms with Gasteiger partial charge in [-0.25, -0.2) is 18.6 Å². The maximum Gasteiger partial charge on any atom is 0.434 e. The van der Waals surface area contributed by atoms with E-state index in [-0.39, 0.29) is 0 Å². The largest absolute Gasteiger partial charge is 0.465 e. The topological polar surface area (TPSA) is 63.0 Å². The molecule has 9 heteroatoms. The van der Waals surface area contributed by atoms with Crippen LogP contribution in [-0.4, -0.2) is 18.1 Å². The van der Waals surface area contributed by atoms with E-state index in [1.165, 1.54) is 19.9 Å². The number of carbonyl (C=O) groups is 1. The van der Waals surface area contributed by atoms with Gasteiger partial charge in [0.2, 0.25) is 0 Å². The second-order valence-corrected chi connectivity index (χ2v) is 4.63. The third kappa shape index (κ3) is 3.83. The minimum atomic E-state index is -5.13. The van der Waals surface area contributed by atoms with Crippen LogP contribution in [0.1, 0.15) is 53.1 Å². The molecular weight excluding hydrogens is 323 g/mol. The molecule has 0 aromatic carbocycles. The van der Waals surface area contributed by atoms with E-state index in [1.807, 2.05) is 0 Å². The second-order valence-electron chi connectivity index (χ2n) is 4.63. The number of nitrogens with zero attached hydrogens (tertiary/aromatic N) is 2. The smallest absolute Gasteiger partial charge is 0.434 e. The SMILES string of the molecule is COC(=O)c1c(C(F)F)nc(C(F)(F)F)c(C#N)c1C=C(C)C. The zero-order valence-corrected chi connectivity index (χ0v) is 12.3. The number of halogens is 5. The minimum Gasteiger partial charge on any atom is -0.465 e. The van der Waals surface area contributed by atoms with E-state index in [4.69, 9.17) is 5.26 Å². The third-order valence-electron chi connectivity index (χ3n) is 2.67. The van der Waals surface area contributed by atoms with E-state index in [0.717, 1.165) is 13.2 Å². The molecule has 0 amide bonds. The van der Waals surface area contributed by atoms with Crippen LogP contribution < -0.4 is 0 Å². The number of esters is 1. The molecule has 0 saturated heterocycles. The van der Waals surface area contributed by atoms with E-state index in [2.05, 4.69) is 9.72 Å². The Balaban J connectivity index is 4.06. The fraction of sp³-hybridized carbons (Fsp3) is 0.357. The lowest BCUT2D eigenvalue weighted by molar-refractivity contribution is -0.141. The monoisotopic (exact) mass is 334 g/mol. The van der Waals surface area contributed by atoms with Gasteiger partial charge in [-0.1, -0.05) is 11.6 Å². The van der Waals surface area contributed by atoms with Gasteiger partial charge in [-0.05, 0) is 13.8 Å². The molecule has 0 fully saturated rings. The normalized spacial score (nSPS) is 11.1. The average Bonchev–Trinajstić information content (AvgIpc) is 2.43. The Kier molecular flexibility index (Phi) is 5.42. The number of hydrogen-bond acceptors (Lipinski definition) is 4. The number of alkyl halides is 5. The van der Waals surface area contributed by atoms with Gasteiger partial charge in [-0.3, -0.25) is 0 Å². The highest BCUT2D eigenvalue weighted by Crippen LogP contribution is 2.37. The molecule has 4 nitrogen and oxygen atoms in total. The molecule has 124 valence electrons. The van der Waals surface area contributed by atoms with Gasteiger partial charge in [0.1, 0.15) is 11.8 Å². The lowest BCUT2D eigenvalue weighted by Crippen LogP contribution is -2.19. The summed E-state index contributed by atoms with van der Waals surface area (Å²) in [5.41, 5.74) is -5.20. The predicted molar refractivity (Wildman–Crippen MR) is 69.6 cm³/mol. The van der Waals surface area contributed by atoms with Gasteiger partial charge in [0.05, 0.1) is 18.2 Å². The first-order valence-corrected chi connectivity index (χ1v) is 6.11. The van der Waals surface area contributed by atoms with Crippen molar-refractivity contribution in [3.63, 3.8) is 0 Å². The van der Waals surface area contributed by atoms with Crippen molar-refractivity contribution in [1.29, 1.82) is 5.26 Å². The first kappa shape index (κ1) is 18.5. The van der Waals surface area contributed by atoms with E-state index >= 15 is 0 Å². The van der Waals surface area contributed by atoms with Crippen molar-refractivity contribution in [3.8, 4) is 6.07 Å². The van der Waals surface area contributed by atoms with Crippen molar-refractivity contribution in [2.24, 2.45) is 0 Å². The molecule has 0 saturated carbocycles. The summed E-state index contributed by atoms with van der Waals surface area (Å²) < 4.78 is 69.6. The van der Waals surface area contributed by atoms with Crippen LogP contribution in [-0.2, 0) is 10.9 Å². The van der Waals surface area contributed by atoms with Gasteiger partial charge in [0, 0.05) is 5.56 Å².